The van der Waals surface area contributed by atoms with E-state index in [-0.39, 0.29) is 26.1 Å². The van der Waals surface area contributed by atoms with Crippen LogP contribution in [0, 0.1) is 0 Å². The zero-order chi connectivity index (χ0) is 32.2. The standard InChI is InChI=1S/C33H62NO8P/c1-6-8-10-12-14-15-16-17-18-19-20-22-24-26-33(36)42-31(29-39-32(35)25-23-21-13-11-9-7-2)30-41-43(37,38)40-28-27-34(3,4)5/h10,12,15-16,31H,6-9,11,13-14,17-30H2,1-5H3/b12-10-,16-15-. The van der Waals surface area contributed by atoms with Crippen molar-refractivity contribution in [3.8, 4) is 0 Å². The summed E-state index contributed by atoms with van der Waals surface area (Å²) in [5, 5.41) is 0. The van der Waals surface area contributed by atoms with Crippen LogP contribution in [0.15, 0.2) is 24.3 Å². The molecule has 252 valence electrons. The zero-order valence-corrected chi connectivity index (χ0v) is 28.8. The van der Waals surface area contributed by atoms with Crippen LogP contribution in [-0.4, -0.2) is 70.0 Å². The number of unbranched alkanes of at least 4 members (excludes halogenated alkanes) is 11. The minimum atomic E-state index is -4.61. The van der Waals surface area contributed by atoms with Crippen LogP contribution in [0.25, 0.3) is 0 Å². The number of phosphoric ester groups is 1. The van der Waals surface area contributed by atoms with Crippen molar-refractivity contribution in [3.05, 3.63) is 24.3 Å². The van der Waals surface area contributed by atoms with Crippen molar-refractivity contribution >= 4 is 19.8 Å². The molecule has 0 aliphatic rings. The summed E-state index contributed by atoms with van der Waals surface area (Å²) in [5.41, 5.74) is 0. The second-order valence-corrected chi connectivity index (χ2v) is 13.6. The van der Waals surface area contributed by atoms with E-state index in [1.54, 1.807) is 0 Å². The SMILES string of the molecule is CCC/C=C\C/C=C\CCCCCCCC(=O)OC(COC(=O)CCCCCCCC)COP(=O)([O-])OCC[N+](C)(C)C. The number of carbonyl (C=O) groups excluding carboxylic acids is 2. The van der Waals surface area contributed by atoms with Crippen molar-refractivity contribution in [2.75, 3.05) is 47.5 Å². The van der Waals surface area contributed by atoms with E-state index < -0.39 is 32.5 Å². The van der Waals surface area contributed by atoms with Gasteiger partial charge in [-0.25, -0.2) is 0 Å². The molecule has 0 radical (unpaired) electrons. The van der Waals surface area contributed by atoms with Crippen molar-refractivity contribution in [1.29, 1.82) is 0 Å². The highest BCUT2D eigenvalue weighted by Gasteiger charge is 2.21. The molecule has 9 nitrogen and oxygen atoms in total. The average Bonchev–Trinajstić information content (AvgIpc) is 2.93. The number of hydrogen-bond acceptors (Lipinski definition) is 8. The van der Waals surface area contributed by atoms with Crippen LogP contribution in [0.1, 0.15) is 123 Å². The van der Waals surface area contributed by atoms with E-state index in [9.17, 15) is 19.0 Å². The molecule has 0 heterocycles. The topological polar surface area (TPSA) is 111 Å². The molecule has 0 aliphatic carbocycles. The highest BCUT2D eigenvalue weighted by Crippen LogP contribution is 2.38. The summed E-state index contributed by atoms with van der Waals surface area (Å²) in [6.45, 7) is 4.04. The number of quaternary nitrogens is 1. The molecule has 0 aromatic heterocycles. The average molecular weight is 632 g/mol. The van der Waals surface area contributed by atoms with Crippen LogP contribution in [0.3, 0.4) is 0 Å². The normalized spacial score (nSPS) is 14.3. The molecule has 0 fully saturated rings. The Morgan fingerprint density at radius 1 is 0.721 bits per heavy atom. The Morgan fingerprint density at radius 2 is 1.30 bits per heavy atom. The largest absolute Gasteiger partial charge is 0.756 e. The van der Waals surface area contributed by atoms with Crippen molar-refractivity contribution in [1.82, 2.24) is 0 Å². The number of carbonyl (C=O) groups is 2. The van der Waals surface area contributed by atoms with Gasteiger partial charge in [0.1, 0.15) is 19.8 Å². The predicted octanol–water partition coefficient (Wildman–Crippen LogP) is 7.43. The van der Waals surface area contributed by atoms with Gasteiger partial charge in [0.15, 0.2) is 6.10 Å². The quantitative estimate of drug-likeness (QED) is 0.0275. The predicted molar refractivity (Wildman–Crippen MR) is 171 cm³/mol. The van der Waals surface area contributed by atoms with Gasteiger partial charge in [0.2, 0.25) is 0 Å². The number of likely N-dealkylation sites (N-methyl/N-ethyl adjacent to an activating group) is 1. The first-order valence-corrected chi connectivity index (χ1v) is 18.0. The number of nitrogens with zero attached hydrogens (tertiary/aromatic N) is 1. The fourth-order valence-electron chi connectivity index (χ4n) is 4.04. The smallest absolute Gasteiger partial charge is 0.306 e. The van der Waals surface area contributed by atoms with Crippen molar-refractivity contribution in [3.63, 3.8) is 0 Å². The van der Waals surface area contributed by atoms with Gasteiger partial charge in [-0.1, -0.05) is 95.9 Å². The lowest BCUT2D eigenvalue weighted by molar-refractivity contribution is -0.870. The van der Waals surface area contributed by atoms with Gasteiger partial charge in [0, 0.05) is 12.8 Å². The monoisotopic (exact) mass is 631 g/mol. The molecular formula is C33H62NO8P. The van der Waals surface area contributed by atoms with E-state index in [2.05, 4.69) is 38.2 Å². The van der Waals surface area contributed by atoms with Crippen LogP contribution >= 0.6 is 7.82 Å². The molecule has 0 aromatic carbocycles. The second kappa shape index (κ2) is 26.9. The molecule has 0 bridgehead atoms. The first-order valence-electron chi connectivity index (χ1n) is 16.5. The van der Waals surface area contributed by atoms with Crippen molar-refractivity contribution < 1.29 is 42.1 Å². The van der Waals surface area contributed by atoms with Gasteiger partial charge in [0.25, 0.3) is 7.82 Å². The van der Waals surface area contributed by atoms with E-state index in [0.717, 1.165) is 77.0 Å². The Labute approximate surface area is 262 Å². The van der Waals surface area contributed by atoms with Crippen LogP contribution < -0.4 is 4.89 Å². The van der Waals surface area contributed by atoms with E-state index in [0.29, 0.717) is 17.4 Å². The first-order chi connectivity index (χ1) is 20.5. The Kier molecular flexibility index (Phi) is 25.9. The fraction of sp³-hybridized carbons (Fsp3) is 0.818. The van der Waals surface area contributed by atoms with Crippen LogP contribution in [-0.2, 0) is 32.7 Å². The molecule has 0 amide bonds. The van der Waals surface area contributed by atoms with Gasteiger partial charge in [-0.3, -0.25) is 14.2 Å². The minimum Gasteiger partial charge on any atom is -0.756 e. The Hall–Kier alpha value is -1.51. The van der Waals surface area contributed by atoms with Gasteiger partial charge in [-0.05, 0) is 38.5 Å². The van der Waals surface area contributed by atoms with Crippen LogP contribution in [0.5, 0.6) is 0 Å². The van der Waals surface area contributed by atoms with Crippen molar-refractivity contribution in [2.45, 2.75) is 129 Å². The third-order valence-electron chi connectivity index (χ3n) is 6.71. The van der Waals surface area contributed by atoms with Gasteiger partial charge < -0.3 is 27.9 Å². The van der Waals surface area contributed by atoms with E-state index >= 15 is 0 Å². The van der Waals surface area contributed by atoms with Gasteiger partial charge >= 0.3 is 11.9 Å². The first kappa shape index (κ1) is 41.5. The lowest BCUT2D eigenvalue weighted by Gasteiger charge is -2.28. The fourth-order valence-corrected chi connectivity index (χ4v) is 4.77. The Bertz CT molecular complexity index is 809. The van der Waals surface area contributed by atoms with Crippen molar-refractivity contribution in [2.24, 2.45) is 0 Å². The summed E-state index contributed by atoms with van der Waals surface area (Å²) in [7, 11) is 1.15. The number of allylic oxidation sites excluding steroid dienone is 4. The maximum Gasteiger partial charge on any atom is 0.306 e. The molecule has 0 aromatic rings. The molecule has 2 unspecified atom stereocenters. The molecule has 0 saturated heterocycles. The molecule has 43 heavy (non-hydrogen) atoms. The Balaban J connectivity index is 4.50. The van der Waals surface area contributed by atoms with Crippen LogP contribution in [0.4, 0.5) is 0 Å². The molecule has 2 atom stereocenters. The summed E-state index contributed by atoms with van der Waals surface area (Å²) in [4.78, 5) is 36.9. The van der Waals surface area contributed by atoms with Gasteiger partial charge in [-0.15, -0.1) is 0 Å². The molecule has 0 N–H and O–H groups in total. The molecule has 0 spiro atoms. The third-order valence-corrected chi connectivity index (χ3v) is 7.67. The number of rotatable bonds is 29. The lowest BCUT2D eigenvalue weighted by Crippen LogP contribution is -2.37. The summed E-state index contributed by atoms with van der Waals surface area (Å²) in [6, 6.07) is 0. The molecule has 0 aliphatic heterocycles. The summed E-state index contributed by atoms with van der Waals surface area (Å²) in [6.07, 6.45) is 23.8. The maximum atomic E-state index is 12.5. The third kappa shape index (κ3) is 30.3. The zero-order valence-electron chi connectivity index (χ0n) is 27.9. The molecule has 10 heteroatoms. The van der Waals surface area contributed by atoms with E-state index in [1.807, 2.05) is 21.1 Å². The highest BCUT2D eigenvalue weighted by atomic mass is 31.2. The number of ether oxygens (including phenoxy) is 2. The minimum absolute atomic E-state index is 0.0331. The second-order valence-electron chi connectivity index (χ2n) is 12.2. The van der Waals surface area contributed by atoms with E-state index in [4.69, 9.17) is 18.5 Å². The van der Waals surface area contributed by atoms with E-state index in [1.165, 1.54) is 12.8 Å². The summed E-state index contributed by atoms with van der Waals surface area (Å²) >= 11 is 0. The maximum absolute atomic E-state index is 12.5. The summed E-state index contributed by atoms with van der Waals surface area (Å²) < 4.78 is 33.4. The Morgan fingerprint density at radius 3 is 1.93 bits per heavy atom. The molecular weight excluding hydrogens is 569 g/mol. The number of hydrogen-bond donors (Lipinski definition) is 0. The van der Waals surface area contributed by atoms with Gasteiger partial charge in [-0.2, -0.15) is 0 Å². The number of phosphoric acid groups is 1. The molecule has 0 rings (SSSR count). The summed E-state index contributed by atoms with van der Waals surface area (Å²) in [5.74, 6) is -0.866. The molecule has 0 saturated carbocycles. The lowest BCUT2D eigenvalue weighted by atomic mass is 10.1. The number of esters is 2. The highest BCUT2D eigenvalue weighted by molar-refractivity contribution is 7.45. The van der Waals surface area contributed by atoms with Gasteiger partial charge in [0.05, 0.1) is 27.7 Å². The van der Waals surface area contributed by atoms with Crippen LogP contribution in [0.2, 0.25) is 0 Å².